The van der Waals surface area contributed by atoms with Gasteiger partial charge in [-0.05, 0) is 0 Å². The zero-order valence-corrected chi connectivity index (χ0v) is 9.35. The second-order valence-corrected chi connectivity index (χ2v) is 2.90. The molecule has 3 heteroatoms. The minimum atomic E-state index is -0.277. The molecule has 0 fully saturated rings. The normalized spacial score (nSPS) is 8.27. The molecule has 2 rings (SSSR count). The molecule has 0 unspecified atom stereocenters. The Labute approximate surface area is 100 Å². The van der Waals surface area contributed by atoms with Crippen LogP contribution < -0.4 is 5.73 Å². The molecule has 0 aliphatic carbocycles. The first-order chi connectivity index (χ1) is 6.79. The van der Waals surface area contributed by atoms with Crippen LogP contribution in [-0.4, -0.2) is 5.91 Å². The number of primary amides is 1. The van der Waals surface area contributed by atoms with Crippen LogP contribution in [0.3, 0.4) is 0 Å². The van der Waals surface area contributed by atoms with Crippen molar-refractivity contribution >= 4 is 5.91 Å². The monoisotopic (exact) mass is 243 g/mol. The Hall–Kier alpha value is -1.31. The van der Waals surface area contributed by atoms with Crippen LogP contribution in [-0.2, 0) is 28.3 Å². The van der Waals surface area contributed by atoms with Gasteiger partial charge in [-0.3, -0.25) is 4.79 Å². The number of carbonyl (C=O) groups is 1. The predicted molar refractivity (Wildman–Crippen MR) is 57.0 cm³/mol. The van der Waals surface area contributed by atoms with Crippen molar-refractivity contribution in [1.29, 1.82) is 0 Å². The maximum absolute atomic E-state index is 10.3. The molecule has 0 aliphatic heterocycles. The summed E-state index contributed by atoms with van der Waals surface area (Å²) >= 11 is 0. The van der Waals surface area contributed by atoms with Crippen molar-refractivity contribution < 1.29 is 21.9 Å². The van der Waals surface area contributed by atoms with Gasteiger partial charge in [0.15, 0.2) is 0 Å². The maximum atomic E-state index is 10.3. The average molecular weight is 243 g/mol. The molecule has 15 heavy (non-hydrogen) atoms. The van der Waals surface area contributed by atoms with Crippen molar-refractivity contribution in [3.8, 4) is 0 Å². The van der Waals surface area contributed by atoms with Gasteiger partial charge in [-0.1, -0.05) is 0 Å². The van der Waals surface area contributed by atoms with E-state index >= 15 is 0 Å². The number of nitrogens with two attached hydrogens (primary N) is 1. The van der Waals surface area contributed by atoms with Crippen molar-refractivity contribution in [2.45, 2.75) is 6.42 Å². The molecule has 0 heterocycles. The van der Waals surface area contributed by atoms with E-state index in [1.807, 2.05) is 54.6 Å². The Morgan fingerprint density at radius 1 is 1.20 bits per heavy atom. The fourth-order valence-corrected chi connectivity index (χ4v) is 1.05. The summed E-state index contributed by atoms with van der Waals surface area (Å²) in [6.07, 6.45) is 0.354. The summed E-state index contributed by atoms with van der Waals surface area (Å²) in [6.45, 7) is 0. The first-order valence-corrected chi connectivity index (χ1v) is 4.44. The van der Waals surface area contributed by atoms with E-state index in [0.29, 0.717) is 6.42 Å². The number of amides is 1. The van der Waals surface area contributed by atoms with E-state index in [1.165, 1.54) is 0 Å². The van der Waals surface area contributed by atoms with Gasteiger partial charge in [0, 0.05) is 6.42 Å². The van der Waals surface area contributed by atoms with Gasteiger partial charge >= 0.3 is 17.1 Å². The molecule has 1 amide bonds. The SMILES string of the molecule is NC(=O)Cc1ccc[cH-]1.[Fe+2].c1cc[cH-]c1. The number of rotatable bonds is 2. The number of hydrogen-bond acceptors (Lipinski definition) is 1. The van der Waals surface area contributed by atoms with Crippen LogP contribution in [0.15, 0.2) is 54.6 Å². The molecule has 0 radical (unpaired) electrons. The van der Waals surface area contributed by atoms with Crippen molar-refractivity contribution in [3.63, 3.8) is 0 Å². The summed E-state index contributed by atoms with van der Waals surface area (Å²) in [4.78, 5) is 10.3. The maximum Gasteiger partial charge on any atom is 2.00 e. The quantitative estimate of drug-likeness (QED) is 0.634. The molecule has 0 bridgehead atoms. The van der Waals surface area contributed by atoms with Crippen LogP contribution in [0.25, 0.3) is 0 Å². The van der Waals surface area contributed by atoms with Gasteiger partial charge in [-0.2, -0.15) is 35.9 Å². The average Bonchev–Trinajstić information content (AvgIpc) is 2.75. The molecular formula is C12H13FeNO. The molecule has 2 aromatic rings. The Morgan fingerprint density at radius 3 is 2.20 bits per heavy atom. The summed E-state index contributed by atoms with van der Waals surface area (Å²) in [5.74, 6) is -0.277. The van der Waals surface area contributed by atoms with Gasteiger partial charge in [-0.15, -0.1) is 0 Å². The van der Waals surface area contributed by atoms with Crippen LogP contribution in [0.1, 0.15) is 5.56 Å². The van der Waals surface area contributed by atoms with Crippen LogP contribution in [0, 0.1) is 0 Å². The Morgan fingerprint density at radius 2 is 1.87 bits per heavy atom. The van der Waals surface area contributed by atoms with E-state index < -0.39 is 0 Å². The third-order valence-electron chi connectivity index (χ3n) is 1.67. The molecule has 2 aromatic carbocycles. The first-order valence-electron chi connectivity index (χ1n) is 4.44. The van der Waals surface area contributed by atoms with Crippen LogP contribution in [0.2, 0.25) is 0 Å². The first kappa shape index (κ1) is 13.7. The van der Waals surface area contributed by atoms with E-state index in [-0.39, 0.29) is 23.0 Å². The fourth-order valence-electron chi connectivity index (χ4n) is 1.05. The van der Waals surface area contributed by atoms with Crippen molar-refractivity contribution in [2.75, 3.05) is 0 Å². The standard InChI is InChI=1S/C7H8NO.C5H5.Fe/c8-7(9)5-6-3-1-2-4-6;1-2-4-5-3-1;/h1-4H,5H2,(H2,8,9);1-5H;/q2*-1;+2. The molecule has 2 nitrogen and oxygen atoms in total. The third-order valence-corrected chi connectivity index (χ3v) is 1.67. The Balaban J connectivity index is 0.000000280. The topological polar surface area (TPSA) is 43.1 Å². The van der Waals surface area contributed by atoms with Gasteiger partial charge in [0.2, 0.25) is 5.91 Å². The van der Waals surface area contributed by atoms with Crippen molar-refractivity contribution in [3.05, 3.63) is 60.2 Å². The number of hydrogen-bond donors (Lipinski definition) is 1. The Kier molecular flexibility index (Phi) is 7.33. The Bertz CT molecular complexity index is 320. The predicted octanol–water partition coefficient (Wildman–Crippen LogP) is 1.84. The van der Waals surface area contributed by atoms with Gasteiger partial charge < -0.3 is 5.73 Å². The molecule has 0 aromatic heterocycles. The molecule has 0 saturated carbocycles. The minimum absolute atomic E-state index is 0. The molecule has 0 spiro atoms. The minimum Gasteiger partial charge on any atom is -0.369 e. The van der Waals surface area contributed by atoms with Crippen LogP contribution >= 0.6 is 0 Å². The molecule has 0 atom stereocenters. The van der Waals surface area contributed by atoms with Gasteiger partial charge in [0.1, 0.15) is 0 Å². The summed E-state index contributed by atoms with van der Waals surface area (Å²) < 4.78 is 0. The van der Waals surface area contributed by atoms with E-state index in [4.69, 9.17) is 5.73 Å². The second kappa shape index (κ2) is 8.04. The zero-order chi connectivity index (χ0) is 10.2. The van der Waals surface area contributed by atoms with Gasteiger partial charge in [0.05, 0.1) is 0 Å². The summed E-state index contributed by atoms with van der Waals surface area (Å²) in [7, 11) is 0. The van der Waals surface area contributed by atoms with Crippen molar-refractivity contribution in [2.24, 2.45) is 5.73 Å². The summed E-state index contributed by atoms with van der Waals surface area (Å²) in [5.41, 5.74) is 5.93. The van der Waals surface area contributed by atoms with E-state index in [1.54, 1.807) is 0 Å². The van der Waals surface area contributed by atoms with Crippen LogP contribution in [0.5, 0.6) is 0 Å². The van der Waals surface area contributed by atoms with E-state index in [0.717, 1.165) is 5.56 Å². The molecule has 80 valence electrons. The van der Waals surface area contributed by atoms with Gasteiger partial charge in [-0.25, -0.2) is 24.3 Å². The summed E-state index contributed by atoms with van der Waals surface area (Å²) in [6, 6.07) is 17.5. The molecular weight excluding hydrogens is 230 g/mol. The molecule has 0 aliphatic rings. The van der Waals surface area contributed by atoms with Crippen LogP contribution in [0.4, 0.5) is 0 Å². The smallest absolute Gasteiger partial charge is 0.369 e. The molecule has 2 N–H and O–H groups in total. The van der Waals surface area contributed by atoms with E-state index in [9.17, 15) is 4.79 Å². The zero-order valence-electron chi connectivity index (χ0n) is 8.24. The third kappa shape index (κ3) is 6.72. The second-order valence-electron chi connectivity index (χ2n) is 2.90. The molecule has 0 saturated heterocycles. The summed E-state index contributed by atoms with van der Waals surface area (Å²) in [5, 5.41) is 0. The largest absolute Gasteiger partial charge is 2.00 e. The van der Waals surface area contributed by atoms with Crippen molar-refractivity contribution in [1.82, 2.24) is 0 Å². The fraction of sp³-hybridized carbons (Fsp3) is 0.0833. The van der Waals surface area contributed by atoms with Gasteiger partial charge in [0.25, 0.3) is 0 Å². The van der Waals surface area contributed by atoms with E-state index in [2.05, 4.69) is 0 Å². The number of carbonyl (C=O) groups excluding carboxylic acids is 1.